The van der Waals surface area contributed by atoms with Gasteiger partial charge in [-0.05, 0) is 18.2 Å². The Morgan fingerprint density at radius 2 is 1.85 bits per heavy atom. The van der Waals surface area contributed by atoms with Crippen LogP contribution in [0.4, 0.5) is 11.4 Å². The number of pyridine rings is 1. The van der Waals surface area contributed by atoms with Gasteiger partial charge in [0.05, 0.1) is 22.4 Å². The Morgan fingerprint density at radius 3 is 2.60 bits per heavy atom. The third kappa shape index (κ3) is 1.81. The average Bonchev–Trinajstić information content (AvgIpc) is 2.42. The predicted molar refractivity (Wildman–Crippen MR) is 75.7 cm³/mol. The fourth-order valence-corrected chi connectivity index (χ4v) is 2.09. The first-order valence-corrected chi connectivity index (χ1v) is 5.76. The van der Waals surface area contributed by atoms with Crippen molar-refractivity contribution < 1.29 is 9.92 Å². The van der Waals surface area contributed by atoms with Gasteiger partial charge in [-0.15, -0.1) is 10.1 Å². The van der Waals surface area contributed by atoms with Gasteiger partial charge in [0.25, 0.3) is 5.09 Å². The predicted octanol–water partition coefficient (Wildman–Crippen LogP) is 2.12. The van der Waals surface area contributed by atoms with Gasteiger partial charge < -0.3 is 11.5 Å². The van der Waals surface area contributed by atoms with Crippen molar-refractivity contribution >= 4 is 33.2 Å². The zero-order valence-electron chi connectivity index (χ0n) is 10.2. The van der Waals surface area contributed by atoms with Crippen LogP contribution in [0.1, 0.15) is 0 Å². The molecule has 0 aliphatic heterocycles. The lowest BCUT2D eigenvalue weighted by Gasteiger charge is -2.10. The van der Waals surface area contributed by atoms with E-state index in [9.17, 15) is 10.1 Å². The number of hydrogen-bond acceptors (Lipinski definition) is 6. The van der Waals surface area contributed by atoms with Crippen LogP contribution < -0.4 is 16.3 Å². The Hall–Kier alpha value is -3.09. The number of aromatic nitrogens is 1. The van der Waals surface area contributed by atoms with Crippen molar-refractivity contribution in [3.8, 4) is 5.75 Å². The minimum atomic E-state index is -0.933. The van der Waals surface area contributed by atoms with Crippen molar-refractivity contribution in [2.45, 2.75) is 0 Å². The molecule has 0 amide bonds. The summed E-state index contributed by atoms with van der Waals surface area (Å²) in [4.78, 5) is 19.3. The van der Waals surface area contributed by atoms with E-state index in [4.69, 9.17) is 11.5 Å². The molecule has 0 atom stereocenters. The number of hydrogen-bond donors (Lipinski definition) is 2. The first-order chi connectivity index (χ1) is 9.56. The number of anilines is 2. The van der Waals surface area contributed by atoms with Gasteiger partial charge in [-0.1, -0.05) is 18.2 Å². The second kappa shape index (κ2) is 4.23. The summed E-state index contributed by atoms with van der Waals surface area (Å²) in [6.45, 7) is 0. The van der Waals surface area contributed by atoms with Crippen molar-refractivity contribution in [2.75, 3.05) is 11.5 Å². The first kappa shape index (κ1) is 12.0. The molecule has 2 aromatic carbocycles. The highest BCUT2D eigenvalue weighted by Gasteiger charge is 2.13. The minimum absolute atomic E-state index is 0.0336. The number of benzene rings is 2. The summed E-state index contributed by atoms with van der Waals surface area (Å²) in [6.07, 6.45) is 0. The maximum Gasteiger partial charge on any atom is 0.299 e. The molecule has 4 N–H and O–H groups in total. The van der Waals surface area contributed by atoms with E-state index >= 15 is 0 Å². The maximum atomic E-state index is 10.4. The number of para-hydroxylation sites is 1. The van der Waals surface area contributed by atoms with E-state index < -0.39 is 5.09 Å². The molecular formula is C13H10N4O3. The third-order valence-electron chi connectivity index (χ3n) is 3.04. The van der Waals surface area contributed by atoms with Crippen LogP contribution >= 0.6 is 0 Å². The van der Waals surface area contributed by atoms with Crippen LogP contribution in [0.3, 0.4) is 0 Å². The molecule has 0 bridgehead atoms. The molecule has 7 nitrogen and oxygen atoms in total. The molecule has 7 heteroatoms. The molecule has 0 aliphatic carbocycles. The molecule has 1 heterocycles. The molecule has 0 radical (unpaired) electrons. The highest BCUT2D eigenvalue weighted by Crippen LogP contribution is 2.36. The standard InChI is InChI=1S/C13H10N4O3/c14-12-8-5-7-3-1-2-4-9(7)16-10(8)6-11(13(12)15)20-17(18)19/h1-6H,14-15H2. The van der Waals surface area contributed by atoms with Gasteiger partial charge >= 0.3 is 0 Å². The smallest absolute Gasteiger partial charge is 0.299 e. The average molecular weight is 270 g/mol. The number of fused-ring (bicyclic) bond motifs is 2. The summed E-state index contributed by atoms with van der Waals surface area (Å²) in [7, 11) is 0. The summed E-state index contributed by atoms with van der Waals surface area (Å²) in [5, 5.41) is 11.1. The van der Waals surface area contributed by atoms with Gasteiger partial charge in [0.15, 0.2) is 5.75 Å². The highest BCUT2D eigenvalue weighted by molar-refractivity contribution is 6.04. The summed E-state index contributed by atoms with van der Waals surface area (Å²) >= 11 is 0. The fraction of sp³-hybridized carbons (Fsp3) is 0. The fourth-order valence-electron chi connectivity index (χ4n) is 2.09. The van der Waals surface area contributed by atoms with Crippen LogP contribution in [-0.2, 0) is 0 Å². The zero-order valence-corrected chi connectivity index (χ0v) is 10.2. The van der Waals surface area contributed by atoms with Crippen molar-refractivity contribution in [3.05, 3.63) is 46.5 Å². The van der Waals surface area contributed by atoms with Gasteiger partial charge in [-0.3, -0.25) is 4.84 Å². The van der Waals surface area contributed by atoms with Crippen molar-refractivity contribution in [1.82, 2.24) is 4.98 Å². The second-order valence-corrected chi connectivity index (χ2v) is 4.26. The topological polar surface area (TPSA) is 117 Å². The number of nitrogen functional groups attached to an aromatic ring is 2. The Kier molecular flexibility index (Phi) is 2.53. The van der Waals surface area contributed by atoms with E-state index in [1.54, 1.807) is 0 Å². The lowest BCUT2D eigenvalue weighted by atomic mass is 10.1. The van der Waals surface area contributed by atoms with Crippen molar-refractivity contribution in [1.29, 1.82) is 0 Å². The molecule has 0 unspecified atom stereocenters. The molecule has 3 rings (SSSR count). The van der Waals surface area contributed by atoms with Crippen LogP contribution in [0.5, 0.6) is 5.75 Å². The molecule has 20 heavy (non-hydrogen) atoms. The van der Waals surface area contributed by atoms with Gasteiger partial charge in [0.1, 0.15) is 0 Å². The Balaban J connectivity index is 2.34. The van der Waals surface area contributed by atoms with Gasteiger partial charge in [-0.2, -0.15) is 0 Å². The number of rotatable bonds is 2. The summed E-state index contributed by atoms with van der Waals surface area (Å²) in [6, 6.07) is 10.7. The molecule has 100 valence electrons. The van der Waals surface area contributed by atoms with Crippen LogP contribution in [-0.4, -0.2) is 10.1 Å². The minimum Gasteiger partial charge on any atom is -0.396 e. The van der Waals surface area contributed by atoms with Crippen LogP contribution in [0.15, 0.2) is 36.4 Å². The van der Waals surface area contributed by atoms with Crippen LogP contribution in [0, 0.1) is 10.1 Å². The Labute approximate surface area is 112 Å². The van der Waals surface area contributed by atoms with Gasteiger partial charge in [-0.25, -0.2) is 4.98 Å². The summed E-state index contributed by atoms with van der Waals surface area (Å²) < 4.78 is 0. The first-order valence-electron chi connectivity index (χ1n) is 5.76. The molecule has 3 aromatic rings. The number of nitrogens with two attached hydrogens (primary N) is 2. The highest BCUT2D eigenvalue weighted by atomic mass is 17.0. The van der Waals surface area contributed by atoms with E-state index in [-0.39, 0.29) is 17.1 Å². The monoisotopic (exact) mass is 270 g/mol. The Morgan fingerprint density at radius 1 is 1.10 bits per heavy atom. The van der Waals surface area contributed by atoms with Crippen LogP contribution in [0.25, 0.3) is 21.8 Å². The van der Waals surface area contributed by atoms with Gasteiger partial charge in [0.2, 0.25) is 0 Å². The largest absolute Gasteiger partial charge is 0.396 e. The van der Waals surface area contributed by atoms with E-state index in [1.165, 1.54) is 6.07 Å². The maximum absolute atomic E-state index is 10.4. The normalized spacial score (nSPS) is 10.8. The number of nitrogens with zero attached hydrogens (tertiary/aromatic N) is 2. The lowest BCUT2D eigenvalue weighted by molar-refractivity contribution is -0.710. The van der Waals surface area contributed by atoms with E-state index in [0.29, 0.717) is 10.9 Å². The van der Waals surface area contributed by atoms with Crippen molar-refractivity contribution in [2.24, 2.45) is 0 Å². The lowest BCUT2D eigenvalue weighted by Crippen LogP contribution is -2.07. The zero-order chi connectivity index (χ0) is 14.3. The molecule has 0 spiro atoms. The third-order valence-corrected chi connectivity index (χ3v) is 3.04. The molecule has 0 fully saturated rings. The van der Waals surface area contributed by atoms with Gasteiger partial charge in [0, 0.05) is 10.8 Å². The van der Waals surface area contributed by atoms with E-state index in [1.807, 2.05) is 30.3 Å². The SMILES string of the molecule is Nc1c(O[N+](=O)[O-])cc2nc3ccccc3cc2c1N. The molecule has 0 saturated carbocycles. The summed E-state index contributed by atoms with van der Waals surface area (Å²) in [5.41, 5.74) is 13.2. The van der Waals surface area contributed by atoms with Crippen LogP contribution in [0.2, 0.25) is 0 Å². The Bertz CT molecular complexity index is 848. The molecular weight excluding hydrogens is 260 g/mol. The molecule has 1 aromatic heterocycles. The molecule has 0 aliphatic rings. The molecule has 0 saturated heterocycles. The van der Waals surface area contributed by atoms with E-state index in [2.05, 4.69) is 9.82 Å². The second-order valence-electron chi connectivity index (χ2n) is 4.26. The summed E-state index contributed by atoms with van der Waals surface area (Å²) in [5.74, 6) is -0.109. The quantitative estimate of drug-likeness (QED) is 0.319. The van der Waals surface area contributed by atoms with Crippen molar-refractivity contribution in [3.63, 3.8) is 0 Å². The van der Waals surface area contributed by atoms with E-state index in [0.717, 1.165) is 10.9 Å².